The smallest absolute Gasteiger partial charge is 0.148 e. The number of aryl methyl sites for hydroxylation is 3. The molecule has 0 unspecified atom stereocenters. The van der Waals surface area contributed by atoms with E-state index >= 15 is 0 Å². The zero-order valence-corrected chi connectivity index (χ0v) is 10.9. The highest BCUT2D eigenvalue weighted by molar-refractivity contribution is 5.64. The lowest BCUT2D eigenvalue weighted by molar-refractivity contribution is 0.655. The summed E-state index contributed by atoms with van der Waals surface area (Å²) in [5.74, 6) is 1.94. The van der Waals surface area contributed by atoms with Crippen molar-refractivity contribution in [2.45, 2.75) is 33.2 Å². The average molecular weight is 248 g/mol. The largest absolute Gasteiger partial charge is 0.394 e. The number of rotatable bonds is 6. The van der Waals surface area contributed by atoms with Gasteiger partial charge in [0.15, 0.2) is 0 Å². The third kappa shape index (κ3) is 2.64. The second-order valence-corrected chi connectivity index (χ2v) is 4.23. The second-order valence-electron chi connectivity index (χ2n) is 4.23. The van der Waals surface area contributed by atoms with Gasteiger partial charge in [0.1, 0.15) is 11.6 Å². The van der Waals surface area contributed by atoms with Gasteiger partial charge < -0.3 is 16.0 Å². The van der Waals surface area contributed by atoms with Gasteiger partial charge in [-0.15, -0.1) is 0 Å². The van der Waals surface area contributed by atoms with Gasteiger partial charge in [-0.25, -0.2) is 9.67 Å². The molecule has 2 aromatic heterocycles. The van der Waals surface area contributed by atoms with Crippen molar-refractivity contribution < 1.29 is 0 Å². The Morgan fingerprint density at radius 1 is 1.50 bits per heavy atom. The zero-order valence-electron chi connectivity index (χ0n) is 10.9. The molecule has 0 saturated carbocycles. The average Bonchev–Trinajstić information content (AvgIpc) is 2.96. The summed E-state index contributed by atoms with van der Waals surface area (Å²) in [5.41, 5.74) is 7.62. The van der Waals surface area contributed by atoms with Crippen molar-refractivity contribution in [3.63, 3.8) is 0 Å². The fraction of sp³-hybridized carbons (Fsp3) is 0.500. The van der Waals surface area contributed by atoms with E-state index in [1.165, 1.54) is 0 Å². The van der Waals surface area contributed by atoms with Crippen LogP contribution in [0.3, 0.4) is 0 Å². The number of nitrogens with two attached hydrogens (primary N) is 1. The summed E-state index contributed by atoms with van der Waals surface area (Å²) in [4.78, 5) is 7.28. The molecule has 0 aromatic carbocycles. The molecule has 0 bridgehead atoms. The van der Waals surface area contributed by atoms with Crippen LogP contribution in [0.1, 0.15) is 24.9 Å². The first-order chi connectivity index (χ1) is 8.72. The molecule has 0 radical (unpaired) electrons. The van der Waals surface area contributed by atoms with Crippen LogP contribution in [-0.2, 0) is 13.0 Å². The van der Waals surface area contributed by atoms with Crippen molar-refractivity contribution in [1.82, 2.24) is 19.7 Å². The number of aromatic nitrogens is 4. The van der Waals surface area contributed by atoms with Gasteiger partial charge in [-0.1, -0.05) is 0 Å². The van der Waals surface area contributed by atoms with Gasteiger partial charge in [0.2, 0.25) is 0 Å². The molecule has 0 aliphatic rings. The van der Waals surface area contributed by atoms with Gasteiger partial charge in [-0.2, -0.15) is 5.10 Å². The summed E-state index contributed by atoms with van der Waals surface area (Å²) in [6, 6.07) is 0. The molecular weight excluding hydrogens is 228 g/mol. The highest BCUT2D eigenvalue weighted by atomic mass is 15.3. The first-order valence-corrected chi connectivity index (χ1v) is 6.27. The summed E-state index contributed by atoms with van der Waals surface area (Å²) < 4.78 is 1.90. The van der Waals surface area contributed by atoms with Gasteiger partial charge >= 0.3 is 0 Å². The molecule has 6 nitrogen and oxygen atoms in total. The molecule has 0 spiro atoms. The fourth-order valence-electron chi connectivity index (χ4n) is 1.91. The lowest BCUT2D eigenvalue weighted by Gasteiger charge is -2.08. The van der Waals surface area contributed by atoms with Gasteiger partial charge in [0, 0.05) is 31.9 Å². The minimum absolute atomic E-state index is 0.745. The van der Waals surface area contributed by atoms with Crippen LogP contribution in [0.25, 0.3) is 0 Å². The monoisotopic (exact) mass is 248 g/mol. The third-order valence-corrected chi connectivity index (χ3v) is 2.91. The highest BCUT2D eigenvalue weighted by Gasteiger charge is 2.10. The van der Waals surface area contributed by atoms with Gasteiger partial charge in [-0.05, 0) is 20.3 Å². The summed E-state index contributed by atoms with van der Waals surface area (Å²) in [7, 11) is 0. The molecule has 2 heterocycles. The number of hydrogen-bond donors (Lipinski definition) is 3. The number of hydrogen-bond acceptors (Lipinski definition) is 4. The second kappa shape index (κ2) is 5.57. The van der Waals surface area contributed by atoms with Crippen LogP contribution < -0.4 is 11.1 Å². The number of nitrogens with one attached hydrogen (secondary N) is 2. The van der Waals surface area contributed by atoms with Crippen molar-refractivity contribution >= 4 is 11.5 Å². The third-order valence-electron chi connectivity index (χ3n) is 2.91. The summed E-state index contributed by atoms with van der Waals surface area (Å²) >= 11 is 0. The molecule has 2 aromatic rings. The standard InChI is InChI=1S/C12H20N6/c1-3-18-12(11(13)9(2)17-18)16-6-4-5-10-14-7-8-15-10/h7-8,16H,3-6,13H2,1-2H3,(H,14,15). The maximum absolute atomic E-state index is 5.99. The van der Waals surface area contributed by atoms with Gasteiger partial charge in [0.25, 0.3) is 0 Å². The van der Waals surface area contributed by atoms with Gasteiger partial charge in [0.05, 0.1) is 11.4 Å². The first kappa shape index (κ1) is 12.5. The molecule has 2 rings (SSSR count). The van der Waals surface area contributed by atoms with E-state index in [0.29, 0.717) is 0 Å². The minimum atomic E-state index is 0.745. The first-order valence-electron chi connectivity index (χ1n) is 6.27. The van der Waals surface area contributed by atoms with Crippen molar-refractivity contribution in [3.8, 4) is 0 Å². The molecular formula is C12H20N6. The Balaban J connectivity index is 1.86. The van der Waals surface area contributed by atoms with Crippen LogP contribution in [0, 0.1) is 6.92 Å². The van der Waals surface area contributed by atoms with Crippen molar-refractivity contribution in [1.29, 1.82) is 0 Å². The Labute approximate surface area is 107 Å². The van der Waals surface area contributed by atoms with E-state index in [1.54, 1.807) is 6.20 Å². The Morgan fingerprint density at radius 2 is 2.33 bits per heavy atom. The van der Waals surface area contributed by atoms with Crippen LogP contribution >= 0.6 is 0 Å². The quantitative estimate of drug-likeness (QED) is 0.677. The summed E-state index contributed by atoms with van der Waals surface area (Å²) in [6.07, 6.45) is 5.55. The number of nitrogens with zero attached hydrogens (tertiary/aromatic N) is 3. The van der Waals surface area contributed by atoms with Crippen LogP contribution in [0.2, 0.25) is 0 Å². The Bertz CT molecular complexity index is 485. The minimum Gasteiger partial charge on any atom is -0.394 e. The van der Waals surface area contributed by atoms with Crippen molar-refractivity contribution in [3.05, 3.63) is 23.9 Å². The SMILES string of the molecule is CCn1nc(C)c(N)c1NCCCc1ncc[nH]1. The van der Waals surface area contributed by atoms with E-state index in [-0.39, 0.29) is 0 Å². The van der Waals surface area contributed by atoms with E-state index in [4.69, 9.17) is 5.73 Å². The molecule has 98 valence electrons. The predicted molar refractivity (Wildman–Crippen MR) is 72.4 cm³/mol. The molecule has 4 N–H and O–H groups in total. The highest BCUT2D eigenvalue weighted by Crippen LogP contribution is 2.21. The Kier molecular flexibility index (Phi) is 3.86. The van der Waals surface area contributed by atoms with Crippen molar-refractivity contribution in [2.24, 2.45) is 0 Å². The lowest BCUT2D eigenvalue weighted by Crippen LogP contribution is -2.10. The van der Waals surface area contributed by atoms with Gasteiger partial charge in [-0.3, -0.25) is 0 Å². The molecule has 0 saturated heterocycles. The molecule has 0 fully saturated rings. The van der Waals surface area contributed by atoms with E-state index in [0.717, 1.165) is 49.0 Å². The molecule has 18 heavy (non-hydrogen) atoms. The van der Waals surface area contributed by atoms with E-state index < -0.39 is 0 Å². The van der Waals surface area contributed by atoms with Crippen LogP contribution in [0.15, 0.2) is 12.4 Å². The molecule has 0 amide bonds. The van der Waals surface area contributed by atoms with E-state index in [9.17, 15) is 0 Å². The predicted octanol–water partition coefficient (Wildman–Crippen LogP) is 1.56. The van der Waals surface area contributed by atoms with Crippen LogP contribution in [0.5, 0.6) is 0 Å². The molecule has 0 aliphatic heterocycles. The molecule has 0 atom stereocenters. The van der Waals surface area contributed by atoms with Crippen LogP contribution in [0.4, 0.5) is 11.5 Å². The maximum atomic E-state index is 5.99. The number of nitrogen functional groups attached to an aromatic ring is 1. The topological polar surface area (TPSA) is 84.6 Å². The number of H-pyrrole nitrogens is 1. The Hall–Kier alpha value is -1.98. The maximum Gasteiger partial charge on any atom is 0.148 e. The zero-order chi connectivity index (χ0) is 13.0. The molecule has 0 aliphatic carbocycles. The van der Waals surface area contributed by atoms with E-state index in [1.807, 2.05) is 17.8 Å². The van der Waals surface area contributed by atoms with Crippen LogP contribution in [-0.4, -0.2) is 26.3 Å². The summed E-state index contributed by atoms with van der Waals surface area (Å²) in [5, 5.41) is 7.72. The number of aromatic amines is 1. The number of imidazole rings is 1. The van der Waals surface area contributed by atoms with Crippen molar-refractivity contribution in [2.75, 3.05) is 17.6 Å². The Morgan fingerprint density at radius 3 is 3.00 bits per heavy atom. The number of anilines is 2. The fourth-order valence-corrected chi connectivity index (χ4v) is 1.91. The lowest BCUT2D eigenvalue weighted by atomic mass is 10.3. The summed E-state index contributed by atoms with van der Waals surface area (Å²) in [6.45, 7) is 5.66. The normalized spacial score (nSPS) is 10.8. The molecule has 6 heteroatoms. The van der Waals surface area contributed by atoms with E-state index in [2.05, 4.69) is 27.3 Å².